The van der Waals surface area contributed by atoms with E-state index in [2.05, 4.69) is 48.3 Å². The maximum atomic E-state index is 5.74. The van der Waals surface area contributed by atoms with Crippen molar-refractivity contribution in [3.63, 3.8) is 0 Å². The molecular formula is C24H31NO2. The van der Waals surface area contributed by atoms with Crippen LogP contribution in [0.15, 0.2) is 36.4 Å². The highest BCUT2D eigenvalue weighted by molar-refractivity contribution is 5.44. The Kier molecular flexibility index (Phi) is 5.68. The molecule has 0 amide bonds. The van der Waals surface area contributed by atoms with Crippen molar-refractivity contribution >= 4 is 0 Å². The molecule has 0 saturated carbocycles. The highest BCUT2D eigenvalue weighted by Crippen LogP contribution is 2.37. The third-order valence-corrected chi connectivity index (χ3v) is 6.10. The monoisotopic (exact) mass is 365 g/mol. The summed E-state index contributed by atoms with van der Waals surface area (Å²) in [5, 5.41) is 0. The Hall–Kier alpha value is -2.00. The predicted octanol–water partition coefficient (Wildman–Crippen LogP) is 4.61. The van der Waals surface area contributed by atoms with Crippen LogP contribution in [0.2, 0.25) is 0 Å². The summed E-state index contributed by atoms with van der Waals surface area (Å²) < 4.78 is 11.3. The van der Waals surface area contributed by atoms with Crippen LogP contribution in [0.25, 0.3) is 0 Å². The first-order valence-corrected chi connectivity index (χ1v) is 10.3. The molecule has 3 nitrogen and oxygen atoms in total. The molecule has 2 aromatic rings. The lowest BCUT2D eigenvalue weighted by atomic mass is 9.82. The number of hydrogen-bond donors (Lipinski definition) is 0. The zero-order chi connectivity index (χ0) is 18.6. The van der Waals surface area contributed by atoms with Gasteiger partial charge in [0.1, 0.15) is 11.5 Å². The van der Waals surface area contributed by atoms with Crippen LogP contribution in [0.1, 0.15) is 47.4 Å². The highest BCUT2D eigenvalue weighted by Gasteiger charge is 2.23. The lowest BCUT2D eigenvalue weighted by Gasteiger charge is -2.30. The van der Waals surface area contributed by atoms with Crippen LogP contribution in [0.5, 0.6) is 11.5 Å². The van der Waals surface area contributed by atoms with Gasteiger partial charge in [-0.05, 0) is 85.9 Å². The molecule has 27 heavy (non-hydrogen) atoms. The van der Waals surface area contributed by atoms with E-state index in [0.717, 1.165) is 56.9 Å². The SMILES string of the molecule is COc1cccc2c1CCCC2CN(C)CCc1ccc2c(c1)CCCO2. The molecule has 0 aromatic heterocycles. The van der Waals surface area contributed by atoms with Crippen molar-refractivity contribution in [2.75, 3.05) is 33.9 Å². The molecule has 0 spiro atoms. The van der Waals surface area contributed by atoms with Crippen molar-refractivity contribution < 1.29 is 9.47 Å². The van der Waals surface area contributed by atoms with E-state index in [1.807, 2.05) is 0 Å². The molecule has 0 saturated heterocycles. The van der Waals surface area contributed by atoms with Crippen molar-refractivity contribution in [3.05, 3.63) is 58.7 Å². The summed E-state index contributed by atoms with van der Waals surface area (Å²) in [6.45, 7) is 3.08. The fourth-order valence-corrected chi connectivity index (χ4v) is 4.65. The van der Waals surface area contributed by atoms with Gasteiger partial charge in [-0.2, -0.15) is 0 Å². The molecule has 1 unspecified atom stereocenters. The van der Waals surface area contributed by atoms with E-state index in [1.165, 1.54) is 35.1 Å². The second-order valence-corrected chi connectivity index (χ2v) is 8.02. The van der Waals surface area contributed by atoms with Gasteiger partial charge in [0, 0.05) is 13.1 Å². The molecule has 1 atom stereocenters. The summed E-state index contributed by atoms with van der Waals surface area (Å²) in [6.07, 6.45) is 7.08. The Balaban J connectivity index is 1.37. The molecule has 1 aliphatic heterocycles. The summed E-state index contributed by atoms with van der Waals surface area (Å²) in [4.78, 5) is 2.50. The lowest BCUT2D eigenvalue weighted by Crippen LogP contribution is -2.28. The standard InChI is InChI=1S/C24H31NO2/c1-25(14-13-18-11-12-23-19(16-18)7-5-15-27-23)17-20-6-3-9-22-21(20)8-4-10-24(22)26-2/h4,8,10-12,16,20H,3,5-7,9,13-15,17H2,1-2H3. The van der Waals surface area contributed by atoms with Crippen LogP contribution in [-0.4, -0.2) is 38.8 Å². The summed E-state index contributed by atoms with van der Waals surface area (Å²) in [5.41, 5.74) is 5.74. The van der Waals surface area contributed by atoms with E-state index in [-0.39, 0.29) is 0 Å². The van der Waals surface area contributed by atoms with Crippen LogP contribution >= 0.6 is 0 Å². The van der Waals surface area contributed by atoms with Gasteiger partial charge in [0.25, 0.3) is 0 Å². The third-order valence-electron chi connectivity index (χ3n) is 6.10. The number of rotatable bonds is 6. The van der Waals surface area contributed by atoms with E-state index in [0.29, 0.717) is 5.92 Å². The summed E-state index contributed by atoms with van der Waals surface area (Å²) in [7, 11) is 4.05. The van der Waals surface area contributed by atoms with E-state index >= 15 is 0 Å². The average Bonchev–Trinajstić information content (AvgIpc) is 2.72. The molecule has 1 heterocycles. The van der Waals surface area contributed by atoms with Gasteiger partial charge in [-0.15, -0.1) is 0 Å². The van der Waals surface area contributed by atoms with Crippen molar-refractivity contribution in [1.29, 1.82) is 0 Å². The minimum absolute atomic E-state index is 0.616. The second-order valence-electron chi connectivity index (χ2n) is 8.02. The largest absolute Gasteiger partial charge is 0.496 e. The maximum absolute atomic E-state index is 5.74. The Morgan fingerprint density at radius 2 is 2.07 bits per heavy atom. The first-order valence-electron chi connectivity index (χ1n) is 10.3. The normalized spacial score (nSPS) is 18.6. The Morgan fingerprint density at radius 3 is 2.96 bits per heavy atom. The minimum atomic E-state index is 0.616. The number of benzene rings is 2. The van der Waals surface area contributed by atoms with Crippen LogP contribution in [-0.2, 0) is 19.3 Å². The highest BCUT2D eigenvalue weighted by atomic mass is 16.5. The fraction of sp³-hybridized carbons (Fsp3) is 0.500. The van der Waals surface area contributed by atoms with Crippen LogP contribution in [0, 0.1) is 0 Å². The smallest absolute Gasteiger partial charge is 0.122 e. The van der Waals surface area contributed by atoms with Gasteiger partial charge in [-0.3, -0.25) is 0 Å². The first kappa shape index (κ1) is 18.4. The quantitative estimate of drug-likeness (QED) is 0.746. The molecule has 2 aliphatic rings. The maximum Gasteiger partial charge on any atom is 0.122 e. The minimum Gasteiger partial charge on any atom is -0.496 e. The number of nitrogens with zero attached hydrogens (tertiary/aromatic N) is 1. The van der Waals surface area contributed by atoms with Crippen molar-refractivity contribution in [1.82, 2.24) is 4.90 Å². The Labute approximate surface area is 163 Å². The molecule has 0 bridgehead atoms. The van der Waals surface area contributed by atoms with Crippen molar-refractivity contribution in [2.24, 2.45) is 0 Å². The molecule has 2 aromatic carbocycles. The van der Waals surface area contributed by atoms with E-state index in [1.54, 1.807) is 7.11 Å². The molecule has 0 radical (unpaired) electrons. The van der Waals surface area contributed by atoms with Gasteiger partial charge in [0.05, 0.1) is 13.7 Å². The average molecular weight is 366 g/mol. The summed E-state index contributed by atoms with van der Waals surface area (Å²) in [6, 6.07) is 13.3. The van der Waals surface area contributed by atoms with Gasteiger partial charge in [0.2, 0.25) is 0 Å². The number of ether oxygens (including phenoxy) is 2. The predicted molar refractivity (Wildman–Crippen MR) is 110 cm³/mol. The van der Waals surface area contributed by atoms with Crippen LogP contribution in [0.3, 0.4) is 0 Å². The van der Waals surface area contributed by atoms with Crippen molar-refractivity contribution in [3.8, 4) is 11.5 Å². The zero-order valence-corrected chi connectivity index (χ0v) is 16.7. The third kappa shape index (κ3) is 4.14. The van der Waals surface area contributed by atoms with E-state index in [4.69, 9.17) is 9.47 Å². The number of hydrogen-bond acceptors (Lipinski definition) is 3. The number of aryl methyl sites for hydroxylation is 1. The van der Waals surface area contributed by atoms with Gasteiger partial charge >= 0.3 is 0 Å². The molecule has 4 rings (SSSR count). The molecule has 144 valence electrons. The zero-order valence-electron chi connectivity index (χ0n) is 16.7. The fourth-order valence-electron chi connectivity index (χ4n) is 4.65. The van der Waals surface area contributed by atoms with Gasteiger partial charge < -0.3 is 14.4 Å². The summed E-state index contributed by atoms with van der Waals surface area (Å²) >= 11 is 0. The topological polar surface area (TPSA) is 21.7 Å². The second kappa shape index (κ2) is 8.35. The molecule has 0 fully saturated rings. The van der Waals surface area contributed by atoms with Gasteiger partial charge in [-0.25, -0.2) is 0 Å². The number of fused-ring (bicyclic) bond motifs is 2. The summed E-state index contributed by atoms with van der Waals surface area (Å²) in [5.74, 6) is 2.77. The first-order chi connectivity index (χ1) is 13.2. The Bertz CT molecular complexity index is 786. The van der Waals surface area contributed by atoms with Gasteiger partial charge in [0.15, 0.2) is 0 Å². The molecule has 1 aliphatic carbocycles. The van der Waals surface area contributed by atoms with Crippen LogP contribution in [0.4, 0.5) is 0 Å². The number of methoxy groups -OCH3 is 1. The van der Waals surface area contributed by atoms with Gasteiger partial charge in [-0.1, -0.05) is 24.3 Å². The number of likely N-dealkylation sites (N-methyl/N-ethyl adjacent to an activating group) is 1. The Morgan fingerprint density at radius 1 is 1.15 bits per heavy atom. The van der Waals surface area contributed by atoms with E-state index < -0.39 is 0 Å². The van der Waals surface area contributed by atoms with Crippen molar-refractivity contribution in [2.45, 2.75) is 44.4 Å². The van der Waals surface area contributed by atoms with Crippen LogP contribution < -0.4 is 9.47 Å². The lowest BCUT2D eigenvalue weighted by molar-refractivity contribution is 0.287. The van der Waals surface area contributed by atoms with E-state index in [9.17, 15) is 0 Å². The molecule has 0 N–H and O–H groups in total. The molecule has 3 heteroatoms. The molecular weight excluding hydrogens is 334 g/mol.